The molecule has 3 nitrogen and oxygen atoms in total. The first-order valence-electron chi connectivity index (χ1n) is 7.58. The molecular formula is C18H18Cl3N3. The van der Waals surface area contributed by atoms with Crippen LogP contribution in [0.15, 0.2) is 42.5 Å². The Balaban J connectivity index is 0.00000208. The van der Waals surface area contributed by atoms with E-state index < -0.39 is 0 Å². The fourth-order valence-electron chi connectivity index (χ4n) is 2.83. The Bertz CT molecular complexity index is 725. The quantitative estimate of drug-likeness (QED) is 0.836. The van der Waals surface area contributed by atoms with Crippen LogP contribution in [-0.4, -0.2) is 19.1 Å². The summed E-state index contributed by atoms with van der Waals surface area (Å²) >= 11 is 12.1. The first-order valence-corrected chi connectivity index (χ1v) is 8.34. The van der Waals surface area contributed by atoms with E-state index in [4.69, 9.17) is 28.5 Å². The minimum Gasteiger partial charge on any atom is -0.370 e. The normalized spacial score (nSPS) is 16.5. The molecule has 0 amide bonds. The van der Waals surface area contributed by atoms with Crippen LogP contribution in [-0.2, 0) is 6.54 Å². The van der Waals surface area contributed by atoms with E-state index in [-0.39, 0.29) is 12.4 Å². The number of benzene rings is 2. The molecule has 1 heterocycles. The highest BCUT2D eigenvalue weighted by Crippen LogP contribution is 2.23. The zero-order valence-corrected chi connectivity index (χ0v) is 15.3. The summed E-state index contributed by atoms with van der Waals surface area (Å²) in [5.74, 6) is 0. The van der Waals surface area contributed by atoms with E-state index in [9.17, 15) is 0 Å². The van der Waals surface area contributed by atoms with Crippen molar-refractivity contribution in [2.24, 2.45) is 0 Å². The van der Waals surface area contributed by atoms with Crippen molar-refractivity contribution in [1.82, 2.24) is 5.32 Å². The molecule has 3 rings (SSSR count). The van der Waals surface area contributed by atoms with Crippen LogP contribution in [0.4, 0.5) is 5.69 Å². The molecule has 24 heavy (non-hydrogen) atoms. The maximum absolute atomic E-state index is 8.86. The van der Waals surface area contributed by atoms with Gasteiger partial charge >= 0.3 is 0 Å². The molecule has 1 fully saturated rings. The zero-order valence-electron chi connectivity index (χ0n) is 13.0. The topological polar surface area (TPSA) is 39.1 Å². The minimum atomic E-state index is 0. The summed E-state index contributed by atoms with van der Waals surface area (Å²) in [5.41, 5.74) is 2.92. The van der Waals surface area contributed by atoms with Crippen LogP contribution < -0.4 is 10.2 Å². The van der Waals surface area contributed by atoms with Crippen LogP contribution in [0.2, 0.25) is 10.0 Å². The molecule has 6 heteroatoms. The van der Waals surface area contributed by atoms with Crippen molar-refractivity contribution >= 4 is 41.3 Å². The number of nitriles is 1. The zero-order chi connectivity index (χ0) is 16.2. The van der Waals surface area contributed by atoms with Gasteiger partial charge in [0.1, 0.15) is 0 Å². The van der Waals surface area contributed by atoms with Crippen molar-refractivity contribution in [2.45, 2.75) is 19.0 Å². The maximum Gasteiger partial charge on any atom is 0.0991 e. The second-order valence-corrected chi connectivity index (χ2v) is 6.55. The summed E-state index contributed by atoms with van der Waals surface area (Å²) < 4.78 is 0. The number of halogens is 3. The Kier molecular flexibility index (Phi) is 6.77. The van der Waals surface area contributed by atoms with E-state index >= 15 is 0 Å². The molecule has 0 bridgehead atoms. The maximum atomic E-state index is 8.86. The molecule has 0 radical (unpaired) electrons. The molecule has 2 aromatic rings. The first kappa shape index (κ1) is 18.9. The van der Waals surface area contributed by atoms with Crippen molar-refractivity contribution < 1.29 is 0 Å². The van der Waals surface area contributed by atoms with Gasteiger partial charge in [0.05, 0.1) is 11.6 Å². The molecule has 1 aliphatic rings. The molecule has 1 atom stereocenters. The predicted octanol–water partition coefficient (Wildman–Crippen LogP) is 4.66. The highest BCUT2D eigenvalue weighted by Gasteiger charge is 2.22. The van der Waals surface area contributed by atoms with Crippen molar-refractivity contribution in [3.8, 4) is 6.07 Å². The van der Waals surface area contributed by atoms with Crippen LogP contribution in [0, 0.1) is 11.3 Å². The summed E-state index contributed by atoms with van der Waals surface area (Å²) in [6, 6.07) is 15.9. The number of nitrogens with zero attached hydrogens (tertiary/aromatic N) is 2. The van der Waals surface area contributed by atoms with Crippen molar-refractivity contribution in [1.29, 1.82) is 5.26 Å². The molecular weight excluding hydrogens is 365 g/mol. The lowest BCUT2D eigenvalue weighted by atomic mass is 10.2. The van der Waals surface area contributed by atoms with E-state index in [0.717, 1.165) is 37.3 Å². The predicted molar refractivity (Wildman–Crippen MR) is 102 cm³/mol. The van der Waals surface area contributed by atoms with Crippen LogP contribution in [0.5, 0.6) is 0 Å². The third-order valence-corrected chi connectivity index (χ3v) is 4.73. The standard InChI is InChI=1S/C18H17Cl2N3.ClH/c19-15-4-3-14(18(20)9-15)11-22-16-7-8-23(12-16)17-5-1-13(10-21)2-6-17;/h1-6,9,16,22H,7-8,11-12H2;1H. The largest absolute Gasteiger partial charge is 0.370 e. The van der Waals surface area contributed by atoms with Gasteiger partial charge in [-0.05, 0) is 48.4 Å². The second kappa shape index (κ2) is 8.60. The van der Waals surface area contributed by atoms with Crippen LogP contribution in [0.25, 0.3) is 0 Å². The molecule has 1 aliphatic heterocycles. The molecule has 0 aliphatic carbocycles. The van der Waals surface area contributed by atoms with E-state index in [2.05, 4.69) is 16.3 Å². The molecule has 0 saturated carbocycles. The molecule has 1 saturated heterocycles. The monoisotopic (exact) mass is 381 g/mol. The molecule has 1 N–H and O–H groups in total. The molecule has 1 unspecified atom stereocenters. The Labute approximate surface area is 158 Å². The number of hydrogen-bond donors (Lipinski definition) is 1. The van der Waals surface area contributed by atoms with Gasteiger partial charge in [-0.25, -0.2) is 0 Å². The summed E-state index contributed by atoms with van der Waals surface area (Å²) in [7, 11) is 0. The smallest absolute Gasteiger partial charge is 0.0991 e. The highest BCUT2D eigenvalue weighted by molar-refractivity contribution is 6.35. The number of nitrogens with one attached hydrogen (secondary N) is 1. The van der Waals surface area contributed by atoms with E-state index in [1.165, 1.54) is 0 Å². The molecule has 0 aromatic heterocycles. The Hall–Kier alpha value is -1.44. The Morgan fingerprint density at radius 3 is 2.58 bits per heavy atom. The first-order chi connectivity index (χ1) is 11.2. The van der Waals surface area contributed by atoms with Gasteiger partial charge in [0, 0.05) is 41.4 Å². The van der Waals surface area contributed by atoms with E-state index in [1.807, 2.05) is 36.4 Å². The third kappa shape index (κ3) is 4.55. The van der Waals surface area contributed by atoms with Gasteiger partial charge in [0.25, 0.3) is 0 Å². The lowest BCUT2D eigenvalue weighted by Gasteiger charge is -2.19. The lowest BCUT2D eigenvalue weighted by Crippen LogP contribution is -2.32. The number of rotatable bonds is 4. The van der Waals surface area contributed by atoms with E-state index in [0.29, 0.717) is 21.7 Å². The summed E-state index contributed by atoms with van der Waals surface area (Å²) in [4.78, 5) is 2.34. The SMILES string of the molecule is Cl.N#Cc1ccc(N2CCC(NCc3ccc(Cl)cc3Cl)C2)cc1. The van der Waals surface area contributed by atoms with Crippen LogP contribution in [0.3, 0.4) is 0 Å². The minimum absolute atomic E-state index is 0. The van der Waals surface area contributed by atoms with Gasteiger partial charge in [-0.2, -0.15) is 5.26 Å². The summed E-state index contributed by atoms with van der Waals surface area (Å²) in [6.45, 7) is 2.71. The third-order valence-electron chi connectivity index (χ3n) is 4.15. The van der Waals surface area contributed by atoms with Gasteiger partial charge < -0.3 is 10.2 Å². The Morgan fingerprint density at radius 2 is 1.92 bits per heavy atom. The van der Waals surface area contributed by atoms with Crippen molar-refractivity contribution in [3.05, 3.63) is 63.6 Å². The fourth-order valence-corrected chi connectivity index (χ4v) is 3.30. The Morgan fingerprint density at radius 1 is 1.17 bits per heavy atom. The summed E-state index contributed by atoms with van der Waals surface area (Å²) in [6.07, 6.45) is 1.09. The van der Waals surface area contributed by atoms with Crippen molar-refractivity contribution in [3.63, 3.8) is 0 Å². The molecule has 2 aromatic carbocycles. The second-order valence-electron chi connectivity index (χ2n) is 5.71. The number of hydrogen-bond acceptors (Lipinski definition) is 3. The van der Waals surface area contributed by atoms with Gasteiger partial charge in [-0.3, -0.25) is 0 Å². The fraction of sp³-hybridized carbons (Fsp3) is 0.278. The number of anilines is 1. The molecule has 0 spiro atoms. The van der Waals surface area contributed by atoms with Gasteiger partial charge in [-0.1, -0.05) is 29.3 Å². The summed E-state index contributed by atoms with van der Waals surface area (Å²) in [5, 5.41) is 13.8. The van der Waals surface area contributed by atoms with Crippen molar-refractivity contribution in [2.75, 3.05) is 18.0 Å². The van der Waals surface area contributed by atoms with Gasteiger partial charge in [0.2, 0.25) is 0 Å². The highest BCUT2D eigenvalue weighted by atomic mass is 35.5. The average molecular weight is 383 g/mol. The lowest BCUT2D eigenvalue weighted by molar-refractivity contribution is 0.551. The van der Waals surface area contributed by atoms with Gasteiger partial charge in [-0.15, -0.1) is 12.4 Å². The van der Waals surface area contributed by atoms with E-state index in [1.54, 1.807) is 6.07 Å². The molecule has 126 valence electrons. The van der Waals surface area contributed by atoms with Crippen LogP contribution >= 0.6 is 35.6 Å². The average Bonchev–Trinajstić information content (AvgIpc) is 3.03. The van der Waals surface area contributed by atoms with Crippen LogP contribution in [0.1, 0.15) is 17.5 Å². The van der Waals surface area contributed by atoms with Gasteiger partial charge in [0.15, 0.2) is 0 Å².